The minimum absolute atomic E-state index is 0.00602. The van der Waals surface area contributed by atoms with Crippen molar-refractivity contribution in [2.75, 3.05) is 21.2 Å². The van der Waals surface area contributed by atoms with Gasteiger partial charge in [0.2, 0.25) is 5.91 Å². The van der Waals surface area contributed by atoms with Crippen molar-refractivity contribution < 1.29 is 9.53 Å². The van der Waals surface area contributed by atoms with Crippen molar-refractivity contribution in [3.63, 3.8) is 0 Å². The van der Waals surface area contributed by atoms with Gasteiger partial charge in [0.05, 0.1) is 19.2 Å². The number of nitrogens with zero attached hydrogens (tertiary/aromatic N) is 3. The number of hydrogen-bond acceptors (Lipinski definition) is 4. The topological polar surface area (TPSA) is 56.6 Å². The minimum Gasteiger partial charge on any atom is -0.497 e. The zero-order valence-electron chi connectivity index (χ0n) is 16.7. The molecule has 0 spiro atoms. The number of hydrogen-bond donors (Lipinski definition) is 0. The van der Waals surface area contributed by atoms with Gasteiger partial charge < -0.3 is 9.64 Å². The summed E-state index contributed by atoms with van der Waals surface area (Å²) in [6.45, 7) is 4.78. The summed E-state index contributed by atoms with van der Waals surface area (Å²) >= 11 is 0. The number of rotatable bonds is 6. The predicted molar refractivity (Wildman–Crippen MR) is 103 cm³/mol. The second-order valence-corrected chi connectivity index (χ2v) is 7.67. The third-order valence-corrected chi connectivity index (χ3v) is 5.87. The molecule has 1 aromatic rings. The molecule has 1 aliphatic carbocycles. The Morgan fingerprint density at radius 1 is 1.38 bits per heavy atom. The van der Waals surface area contributed by atoms with Gasteiger partial charge in [0.15, 0.2) is 0 Å². The van der Waals surface area contributed by atoms with Crippen molar-refractivity contribution in [2.24, 2.45) is 5.92 Å². The largest absolute Gasteiger partial charge is 0.497 e. The molecule has 5 heteroatoms. The van der Waals surface area contributed by atoms with Crippen LogP contribution in [0.4, 0.5) is 0 Å². The van der Waals surface area contributed by atoms with E-state index in [2.05, 4.69) is 13.0 Å². The number of carbonyl (C=O) groups is 1. The van der Waals surface area contributed by atoms with E-state index in [-0.39, 0.29) is 11.9 Å². The first-order valence-electron chi connectivity index (χ1n) is 9.35. The van der Waals surface area contributed by atoms with Crippen LogP contribution in [0, 0.1) is 17.2 Å². The Labute approximate surface area is 157 Å². The second-order valence-electron chi connectivity index (χ2n) is 7.67. The van der Waals surface area contributed by atoms with Crippen LogP contribution in [0.25, 0.3) is 0 Å². The van der Waals surface area contributed by atoms with Crippen LogP contribution in [-0.2, 0) is 11.3 Å². The van der Waals surface area contributed by atoms with Gasteiger partial charge in [-0.2, -0.15) is 5.26 Å². The molecule has 0 radical (unpaired) electrons. The lowest BCUT2D eigenvalue weighted by Crippen LogP contribution is -2.55. The van der Waals surface area contributed by atoms with Crippen molar-refractivity contribution in [1.29, 1.82) is 5.26 Å². The normalized spacial score (nSPS) is 24.0. The maximum absolute atomic E-state index is 13.1. The summed E-state index contributed by atoms with van der Waals surface area (Å²) < 4.78 is 5.27. The molecule has 0 aromatic heterocycles. The van der Waals surface area contributed by atoms with E-state index in [1.165, 1.54) is 0 Å². The van der Waals surface area contributed by atoms with Crippen LogP contribution in [0.2, 0.25) is 0 Å². The van der Waals surface area contributed by atoms with Crippen molar-refractivity contribution in [2.45, 2.75) is 57.7 Å². The van der Waals surface area contributed by atoms with Crippen LogP contribution in [0.3, 0.4) is 0 Å². The van der Waals surface area contributed by atoms with Crippen molar-refractivity contribution >= 4 is 5.91 Å². The summed E-state index contributed by atoms with van der Waals surface area (Å²) in [6.07, 6.45) is 3.52. The molecule has 0 aliphatic heterocycles. The number of benzene rings is 1. The predicted octanol–water partition coefficient (Wildman–Crippen LogP) is 3.45. The Morgan fingerprint density at radius 3 is 2.62 bits per heavy atom. The summed E-state index contributed by atoms with van der Waals surface area (Å²) in [7, 11) is 5.38. The van der Waals surface area contributed by atoms with Gasteiger partial charge in [-0.1, -0.05) is 19.1 Å². The highest BCUT2D eigenvalue weighted by molar-refractivity contribution is 5.82. The van der Waals surface area contributed by atoms with Gasteiger partial charge in [0.25, 0.3) is 0 Å². The van der Waals surface area contributed by atoms with Crippen molar-refractivity contribution in [1.82, 2.24) is 9.80 Å². The number of ether oxygens (including phenoxy) is 1. The van der Waals surface area contributed by atoms with E-state index >= 15 is 0 Å². The van der Waals surface area contributed by atoms with E-state index < -0.39 is 5.54 Å². The minimum atomic E-state index is -0.658. The molecule has 0 bridgehead atoms. The fourth-order valence-electron chi connectivity index (χ4n) is 3.64. The van der Waals surface area contributed by atoms with E-state index in [0.29, 0.717) is 12.5 Å². The van der Waals surface area contributed by atoms with Gasteiger partial charge in [-0.05, 0) is 63.3 Å². The highest BCUT2D eigenvalue weighted by Gasteiger charge is 2.41. The smallest absolute Gasteiger partial charge is 0.240 e. The lowest BCUT2D eigenvalue weighted by atomic mass is 9.77. The van der Waals surface area contributed by atoms with Crippen LogP contribution in [-0.4, -0.2) is 48.5 Å². The molecular formula is C21H31N3O2. The molecule has 1 aromatic carbocycles. The Hall–Kier alpha value is -2.06. The lowest BCUT2D eigenvalue weighted by Gasteiger charge is -2.42. The molecule has 5 nitrogen and oxygen atoms in total. The van der Waals surface area contributed by atoms with E-state index in [4.69, 9.17) is 4.74 Å². The number of nitriles is 1. The number of methoxy groups -OCH3 is 1. The summed E-state index contributed by atoms with van der Waals surface area (Å²) in [5, 5.41) is 9.79. The number of amides is 1. The zero-order chi connectivity index (χ0) is 19.3. The lowest BCUT2D eigenvalue weighted by molar-refractivity contribution is -0.140. The monoisotopic (exact) mass is 357 g/mol. The van der Waals surface area contributed by atoms with Crippen LogP contribution >= 0.6 is 0 Å². The molecule has 0 saturated heterocycles. The maximum Gasteiger partial charge on any atom is 0.240 e. The van der Waals surface area contributed by atoms with Gasteiger partial charge >= 0.3 is 0 Å². The van der Waals surface area contributed by atoms with Crippen LogP contribution in [0.5, 0.6) is 5.75 Å². The first kappa shape index (κ1) is 20.3. The van der Waals surface area contributed by atoms with Crippen LogP contribution in [0.15, 0.2) is 24.3 Å². The Morgan fingerprint density at radius 2 is 2.04 bits per heavy atom. The van der Waals surface area contributed by atoms with Crippen molar-refractivity contribution in [3.05, 3.63) is 29.8 Å². The molecule has 26 heavy (non-hydrogen) atoms. The summed E-state index contributed by atoms with van der Waals surface area (Å²) in [5.74, 6) is 1.45. The number of carbonyl (C=O) groups excluding carboxylic acids is 1. The first-order chi connectivity index (χ1) is 12.3. The Kier molecular flexibility index (Phi) is 6.66. The molecule has 142 valence electrons. The van der Waals surface area contributed by atoms with E-state index in [9.17, 15) is 10.1 Å². The SMILES string of the molecule is COc1cccc(CN(C)C(C)C(=O)N(C)C2(C#N)CCC(C)CC2)c1. The summed E-state index contributed by atoms with van der Waals surface area (Å²) in [5.41, 5.74) is 0.435. The standard InChI is InChI=1S/C21H31N3O2/c1-16-9-11-21(15-22,12-10-16)24(4)20(25)17(2)23(3)14-18-7-6-8-19(13-18)26-5/h6-8,13,16-17H,9-12,14H2,1-5H3. The van der Waals surface area contributed by atoms with Gasteiger partial charge in [-0.15, -0.1) is 0 Å². The average Bonchev–Trinajstić information content (AvgIpc) is 2.67. The molecule has 1 unspecified atom stereocenters. The quantitative estimate of drug-likeness (QED) is 0.782. The molecule has 1 aliphatic rings. The van der Waals surface area contributed by atoms with Gasteiger partial charge in [0.1, 0.15) is 11.3 Å². The second kappa shape index (κ2) is 8.55. The third kappa shape index (κ3) is 4.37. The average molecular weight is 357 g/mol. The number of likely N-dealkylation sites (N-methyl/N-ethyl adjacent to an activating group) is 2. The summed E-state index contributed by atoms with van der Waals surface area (Å²) in [6, 6.07) is 10.0. The van der Waals surface area contributed by atoms with E-state index in [0.717, 1.165) is 37.0 Å². The molecule has 1 fully saturated rings. The first-order valence-corrected chi connectivity index (χ1v) is 9.35. The summed E-state index contributed by atoms with van der Waals surface area (Å²) in [4.78, 5) is 16.8. The molecular weight excluding hydrogens is 326 g/mol. The molecule has 0 N–H and O–H groups in total. The fourth-order valence-corrected chi connectivity index (χ4v) is 3.64. The molecule has 2 rings (SSSR count). The van der Waals surface area contributed by atoms with Crippen LogP contribution in [0.1, 0.15) is 45.1 Å². The maximum atomic E-state index is 13.1. The van der Waals surface area contributed by atoms with Gasteiger partial charge in [-0.25, -0.2) is 0 Å². The highest BCUT2D eigenvalue weighted by Crippen LogP contribution is 2.35. The molecule has 1 amide bonds. The fraction of sp³-hybridized carbons (Fsp3) is 0.619. The third-order valence-electron chi connectivity index (χ3n) is 5.87. The Bertz CT molecular complexity index is 659. The molecule has 1 atom stereocenters. The highest BCUT2D eigenvalue weighted by atomic mass is 16.5. The molecule has 1 saturated carbocycles. The van der Waals surface area contributed by atoms with Crippen molar-refractivity contribution in [3.8, 4) is 11.8 Å². The van der Waals surface area contributed by atoms with Gasteiger partial charge in [-0.3, -0.25) is 9.69 Å². The molecule has 0 heterocycles. The van der Waals surface area contributed by atoms with E-state index in [1.807, 2.05) is 43.1 Å². The zero-order valence-corrected chi connectivity index (χ0v) is 16.7. The Balaban J connectivity index is 2.06. The van der Waals surface area contributed by atoms with Gasteiger partial charge in [0, 0.05) is 13.6 Å². The van der Waals surface area contributed by atoms with E-state index in [1.54, 1.807) is 19.1 Å². The van der Waals surface area contributed by atoms with Crippen LogP contribution < -0.4 is 4.74 Å².